The van der Waals surface area contributed by atoms with Gasteiger partial charge in [0.1, 0.15) is 0 Å². The van der Waals surface area contributed by atoms with Crippen LogP contribution >= 0.6 is 24.8 Å². The predicted molar refractivity (Wildman–Crippen MR) is 70.2 cm³/mol. The van der Waals surface area contributed by atoms with E-state index < -0.39 is 0 Å². The highest BCUT2D eigenvalue weighted by molar-refractivity contribution is 5.85. The third-order valence-electron chi connectivity index (χ3n) is 3.06. The molecule has 2 aliphatic rings. The van der Waals surface area contributed by atoms with Crippen LogP contribution in [0, 0.1) is 0 Å². The molecule has 0 spiro atoms. The van der Waals surface area contributed by atoms with E-state index in [0.29, 0.717) is 0 Å². The van der Waals surface area contributed by atoms with Crippen molar-refractivity contribution in [2.24, 2.45) is 11.5 Å². The Morgan fingerprint density at radius 3 is 1.06 bits per heavy atom. The van der Waals surface area contributed by atoms with E-state index >= 15 is 0 Å². The van der Waals surface area contributed by atoms with Crippen molar-refractivity contribution in [2.45, 2.75) is 62.8 Å². The van der Waals surface area contributed by atoms with E-state index in [1.165, 1.54) is 0 Å². The van der Waals surface area contributed by atoms with Crippen molar-refractivity contribution < 1.29 is 10.2 Å². The summed E-state index contributed by atoms with van der Waals surface area (Å²) in [5.41, 5.74) is 10.9. The Morgan fingerprint density at radius 2 is 1.00 bits per heavy atom. The molecule has 0 amide bonds. The van der Waals surface area contributed by atoms with Gasteiger partial charge in [-0.25, -0.2) is 0 Å². The molecule has 4 atom stereocenters. The normalized spacial score (nSPS) is 36.8. The molecule has 2 aliphatic carbocycles. The fourth-order valence-corrected chi connectivity index (χ4v) is 1.94. The lowest BCUT2D eigenvalue weighted by molar-refractivity contribution is 0.165. The molecule has 6 N–H and O–H groups in total. The lowest BCUT2D eigenvalue weighted by atomic mass is 10.2. The number of halogens is 2. The molecule has 0 saturated heterocycles. The molecule has 2 rings (SSSR count). The largest absolute Gasteiger partial charge is 0.392 e. The second-order valence-corrected chi connectivity index (χ2v) is 4.32. The molecule has 0 aliphatic heterocycles. The molecular weight excluding hydrogens is 251 g/mol. The number of aliphatic hydroxyl groups excluding tert-OH is 2. The van der Waals surface area contributed by atoms with Crippen LogP contribution in [0.2, 0.25) is 0 Å². The lowest BCUT2D eigenvalue weighted by Gasteiger charge is -2.04. The number of hydrogen-bond acceptors (Lipinski definition) is 4. The highest BCUT2D eigenvalue weighted by atomic mass is 35.5. The van der Waals surface area contributed by atoms with Crippen molar-refractivity contribution in [3.8, 4) is 0 Å². The van der Waals surface area contributed by atoms with Gasteiger partial charge in [-0.1, -0.05) is 0 Å². The van der Waals surface area contributed by atoms with Crippen LogP contribution < -0.4 is 11.5 Å². The van der Waals surface area contributed by atoms with E-state index in [-0.39, 0.29) is 49.1 Å². The Bertz CT molecular complexity index is 141. The summed E-state index contributed by atoms with van der Waals surface area (Å²) >= 11 is 0. The van der Waals surface area contributed by atoms with Gasteiger partial charge in [0, 0.05) is 12.1 Å². The smallest absolute Gasteiger partial charge is 0.0691 e. The Hall–Kier alpha value is 0.420. The zero-order chi connectivity index (χ0) is 10.6. The minimum atomic E-state index is -0.208. The summed E-state index contributed by atoms with van der Waals surface area (Å²) in [5.74, 6) is 0. The number of nitrogens with two attached hydrogens (primary N) is 2. The Labute approximate surface area is 110 Å². The second kappa shape index (κ2) is 9.45. The highest BCUT2D eigenvalue weighted by Crippen LogP contribution is 2.16. The third kappa shape index (κ3) is 6.23. The zero-order valence-corrected chi connectivity index (χ0v) is 11.1. The maximum atomic E-state index is 8.87. The fraction of sp³-hybridized carbons (Fsp3) is 1.00. The van der Waals surface area contributed by atoms with Crippen molar-refractivity contribution in [1.29, 1.82) is 0 Å². The first-order chi connectivity index (χ1) is 6.61. The molecule has 0 aromatic rings. The van der Waals surface area contributed by atoms with E-state index in [1.54, 1.807) is 0 Å². The molecule has 16 heavy (non-hydrogen) atoms. The summed E-state index contributed by atoms with van der Waals surface area (Å²) in [7, 11) is 0. The van der Waals surface area contributed by atoms with Gasteiger partial charge < -0.3 is 21.7 Å². The average molecular weight is 275 g/mol. The summed E-state index contributed by atoms with van der Waals surface area (Å²) in [6.07, 6.45) is 5.59. The third-order valence-corrected chi connectivity index (χ3v) is 3.06. The summed E-state index contributed by atoms with van der Waals surface area (Å²) < 4.78 is 0. The van der Waals surface area contributed by atoms with Gasteiger partial charge in [-0.05, 0) is 38.5 Å². The van der Waals surface area contributed by atoms with E-state index in [2.05, 4.69) is 0 Å². The molecule has 0 bridgehead atoms. The van der Waals surface area contributed by atoms with Crippen molar-refractivity contribution in [2.75, 3.05) is 0 Å². The molecule has 0 unspecified atom stereocenters. The molecule has 0 aromatic carbocycles. The molecule has 2 saturated carbocycles. The van der Waals surface area contributed by atoms with Gasteiger partial charge in [0.2, 0.25) is 0 Å². The van der Waals surface area contributed by atoms with Crippen molar-refractivity contribution in [1.82, 2.24) is 0 Å². The number of aliphatic hydroxyl groups is 2. The van der Waals surface area contributed by atoms with Gasteiger partial charge in [-0.2, -0.15) is 0 Å². The van der Waals surface area contributed by atoms with Gasteiger partial charge in [0.15, 0.2) is 0 Å². The van der Waals surface area contributed by atoms with E-state index in [9.17, 15) is 0 Å². The zero-order valence-electron chi connectivity index (χ0n) is 9.42. The second-order valence-electron chi connectivity index (χ2n) is 4.32. The molecule has 6 heteroatoms. The van der Waals surface area contributed by atoms with Crippen LogP contribution in [0.5, 0.6) is 0 Å². The van der Waals surface area contributed by atoms with Crippen LogP contribution in [0.1, 0.15) is 38.5 Å². The van der Waals surface area contributed by atoms with Crippen molar-refractivity contribution >= 4 is 24.8 Å². The SMILES string of the molecule is Cl.Cl.N[C@@H]1CCC[C@@H]1O.N[C@H]1CCC[C@H]1O. The topological polar surface area (TPSA) is 92.5 Å². The van der Waals surface area contributed by atoms with Gasteiger partial charge >= 0.3 is 0 Å². The highest BCUT2D eigenvalue weighted by Gasteiger charge is 2.20. The Kier molecular flexibility index (Phi) is 11.1. The molecular formula is C10H24Cl2N2O2. The van der Waals surface area contributed by atoms with E-state index in [0.717, 1.165) is 38.5 Å². The standard InChI is InChI=1S/2C5H11NO.2ClH/c2*6-4-2-1-3-5(4)7;;/h2*4-5,7H,1-3,6H2;2*1H/t2*4-,5+;;/m10../s1. The predicted octanol–water partition coefficient (Wildman–Crippen LogP) is 0.561. The first-order valence-corrected chi connectivity index (χ1v) is 5.48. The lowest BCUT2D eigenvalue weighted by Crippen LogP contribution is -2.28. The van der Waals surface area contributed by atoms with Crippen molar-refractivity contribution in [3.05, 3.63) is 0 Å². The summed E-state index contributed by atoms with van der Waals surface area (Å²) in [6, 6.07) is 0.139. The van der Waals surface area contributed by atoms with Gasteiger partial charge in [-0.15, -0.1) is 24.8 Å². The monoisotopic (exact) mass is 274 g/mol. The summed E-state index contributed by atoms with van der Waals surface area (Å²) in [6.45, 7) is 0. The first kappa shape index (κ1) is 18.8. The summed E-state index contributed by atoms with van der Waals surface area (Å²) in [5, 5.41) is 17.7. The van der Waals surface area contributed by atoms with E-state index in [4.69, 9.17) is 21.7 Å². The van der Waals surface area contributed by atoms with Crippen LogP contribution in [0.4, 0.5) is 0 Å². The van der Waals surface area contributed by atoms with E-state index in [1.807, 2.05) is 0 Å². The van der Waals surface area contributed by atoms with Crippen LogP contribution in [-0.4, -0.2) is 34.5 Å². The van der Waals surface area contributed by atoms with Crippen LogP contribution in [0.3, 0.4) is 0 Å². The Morgan fingerprint density at radius 1 is 0.688 bits per heavy atom. The molecule has 0 heterocycles. The fourth-order valence-electron chi connectivity index (χ4n) is 1.94. The molecule has 100 valence electrons. The maximum Gasteiger partial charge on any atom is 0.0691 e. The molecule has 4 nitrogen and oxygen atoms in total. The molecule has 0 aromatic heterocycles. The van der Waals surface area contributed by atoms with Crippen molar-refractivity contribution in [3.63, 3.8) is 0 Å². The first-order valence-electron chi connectivity index (χ1n) is 5.48. The number of rotatable bonds is 0. The quantitative estimate of drug-likeness (QED) is 0.520. The summed E-state index contributed by atoms with van der Waals surface area (Å²) in [4.78, 5) is 0. The maximum absolute atomic E-state index is 8.87. The Balaban J connectivity index is 0. The average Bonchev–Trinajstić information content (AvgIpc) is 2.67. The minimum absolute atomic E-state index is 0. The van der Waals surface area contributed by atoms with Crippen LogP contribution in [0.15, 0.2) is 0 Å². The van der Waals surface area contributed by atoms with Crippen LogP contribution in [-0.2, 0) is 0 Å². The van der Waals surface area contributed by atoms with Gasteiger partial charge in [0.05, 0.1) is 12.2 Å². The van der Waals surface area contributed by atoms with Crippen LogP contribution in [0.25, 0.3) is 0 Å². The van der Waals surface area contributed by atoms with Gasteiger partial charge in [0.25, 0.3) is 0 Å². The molecule has 2 fully saturated rings. The van der Waals surface area contributed by atoms with Gasteiger partial charge in [-0.3, -0.25) is 0 Å². The molecule has 0 radical (unpaired) electrons. The minimum Gasteiger partial charge on any atom is -0.392 e. The number of hydrogen-bond donors (Lipinski definition) is 4.